The van der Waals surface area contributed by atoms with Crippen LogP contribution < -0.4 is 4.74 Å². The second-order valence-electron chi connectivity index (χ2n) is 13.2. The van der Waals surface area contributed by atoms with E-state index in [-0.39, 0.29) is 30.5 Å². The average molecular weight is 639 g/mol. The number of rotatable bonds is 21. The lowest BCUT2D eigenvalue weighted by molar-refractivity contribution is -0.268. The van der Waals surface area contributed by atoms with Gasteiger partial charge in [-0.1, -0.05) is 71.6 Å². The summed E-state index contributed by atoms with van der Waals surface area (Å²) in [5, 5.41) is 0. The van der Waals surface area contributed by atoms with Crippen molar-refractivity contribution in [3.63, 3.8) is 0 Å². The first-order valence-electron chi connectivity index (χ1n) is 18.4. The van der Waals surface area contributed by atoms with Gasteiger partial charge in [-0.3, -0.25) is 0 Å². The molecule has 0 aromatic heterocycles. The Morgan fingerprint density at radius 2 is 1.30 bits per heavy atom. The van der Waals surface area contributed by atoms with Gasteiger partial charge >= 0.3 is 0 Å². The summed E-state index contributed by atoms with van der Waals surface area (Å²) in [5.41, 5.74) is 8.28. The zero-order valence-corrected chi connectivity index (χ0v) is 29.7. The molecule has 258 valence electrons. The van der Waals surface area contributed by atoms with E-state index in [9.17, 15) is 0 Å². The Morgan fingerprint density at radius 1 is 0.717 bits per heavy atom. The van der Waals surface area contributed by atoms with Gasteiger partial charge in [0, 0.05) is 26.4 Å². The van der Waals surface area contributed by atoms with Gasteiger partial charge in [-0.2, -0.15) is 0 Å². The molecule has 2 aliphatic rings. The SMILES string of the molecule is CCCCOC[C@H]1OC(c2cc(Cc3ccc(OC)cc3)c(C)c3c2CCC3)[C@H](OCCCC)[C@@H](OCCCC)[C@@H]1OCCCC. The van der Waals surface area contributed by atoms with Crippen molar-refractivity contribution in [3.05, 3.63) is 63.7 Å². The first kappa shape index (κ1) is 36.9. The van der Waals surface area contributed by atoms with E-state index < -0.39 is 0 Å². The first-order chi connectivity index (χ1) is 22.6. The maximum atomic E-state index is 7.21. The lowest BCUT2D eigenvalue weighted by Crippen LogP contribution is -2.58. The Hall–Kier alpha value is -1.96. The van der Waals surface area contributed by atoms with Crippen molar-refractivity contribution in [1.29, 1.82) is 0 Å². The van der Waals surface area contributed by atoms with Crippen LogP contribution in [-0.4, -0.2) is 64.6 Å². The number of methoxy groups -OCH3 is 1. The Morgan fingerprint density at radius 3 is 1.93 bits per heavy atom. The maximum absolute atomic E-state index is 7.21. The molecule has 0 saturated carbocycles. The molecule has 6 nitrogen and oxygen atoms in total. The molecule has 1 aliphatic carbocycles. The van der Waals surface area contributed by atoms with Gasteiger partial charge < -0.3 is 28.4 Å². The fourth-order valence-corrected chi connectivity index (χ4v) is 6.86. The van der Waals surface area contributed by atoms with Crippen molar-refractivity contribution in [2.24, 2.45) is 0 Å². The predicted octanol–water partition coefficient (Wildman–Crippen LogP) is 8.90. The van der Waals surface area contributed by atoms with Crippen molar-refractivity contribution in [2.45, 2.75) is 142 Å². The molecule has 1 unspecified atom stereocenters. The molecule has 0 amide bonds. The van der Waals surface area contributed by atoms with Crippen LogP contribution in [0.25, 0.3) is 0 Å². The van der Waals surface area contributed by atoms with Crippen LogP contribution in [0, 0.1) is 6.92 Å². The molecule has 0 spiro atoms. The third-order valence-electron chi connectivity index (χ3n) is 9.67. The number of hydrogen-bond acceptors (Lipinski definition) is 6. The van der Waals surface area contributed by atoms with Crippen LogP contribution in [0.5, 0.6) is 5.75 Å². The normalized spacial score (nSPS) is 22.7. The summed E-state index contributed by atoms with van der Waals surface area (Å²) in [4.78, 5) is 0. The zero-order valence-electron chi connectivity index (χ0n) is 29.7. The average Bonchev–Trinajstić information content (AvgIpc) is 3.57. The lowest BCUT2D eigenvalue weighted by Gasteiger charge is -2.47. The Labute approximate surface area is 279 Å². The number of hydrogen-bond donors (Lipinski definition) is 0. The lowest BCUT2D eigenvalue weighted by atomic mass is 9.84. The highest BCUT2D eigenvalue weighted by molar-refractivity contribution is 5.51. The predicted molar refractivity (Wildman–Crippen MR) is 186 cm³/mol. The highest BCUT2D eigenvalue weighted by Crippen LogP contribution is 2.43. The van der Waals surface area contributed by atoms with Gasteiger partial charge in [-0.25, -0.2) is 0 Å². The number of fused-ring (bicyclic) bond motifs is 1. The molecular weight excluding hydrogens is 576 g/mol. The molecule has 46 heavy (non-hydrogen) atoms. The van der Waals surface area contributed by atoms with Gasteiger partial charge in [0.2, 0.25) is 0 Å². The summed E-state index contributed by atoms with van der Waals surface area (Å²) in [6, 6.07) is 10.9. The van der Waals surface area contributed by atoms with Crippen molar-refractivity contribution in [1.82, 2.24) is 0 Å². The third kappa shape index (κ3) is 9.79. The zero-order chi connectivity index (χ0) is 32.7. The van der Waals surface area contributed by atoms with E-state index >= 15 is 0 Å². The summed E-state index contributed by atoms with van der Waals surface area (Å²) < 4.78 is 39.2. The standard InChI is InChI=1S/C40H62O6/c1-7-11-22-42-28-36-38(43-23-12-8-2)40(45-25-14-10-4)39(44-24-13-9-3)37(46-36)35-27-31(29(5)33-16-15-17-34(33)35)26-30-18-20-32(41-6)21-19-30/h18-21,27,36-40H,7-17,22-26,28H2,1-6H3/t36-,37?,38-,39+,40+/m1/s1. The van der Waals surface area contributed by atoms with E-state index in [0.717, 1.165) is 83.0 Å². The van der Waals surface area contributed by atoms with Gasteiger partial charge in [0.25, 0.3) is 0 Å². The summed E-state index contributed by atoms with van der Waals surface area (Å²) in [6.07, 6.45) is 11.4. The number of benzene rings is 2. The molecule has 4 rings (SSSR count). The van der Waals surface area contributed by atoms with Crippen molar-refractivity contribution < 1.29 is 28.4 Å². The quantitative estimate of drug-likeness (QED) is 0.127. The van der Waals surface area contributed by atoms with E-state index in [1.54, 1.807) is 7.11 Å². The molecule has 2 aromatic carbocycles. The topological polar surface area (TPSA) is 55.4 Å². The van der Waals surface area contributed by atoms with Crippen LogP contribution in [0.15, 0.2) is 30.3 Å². The fourth-order valence-electron chi connectivity index (χ4n) is 6.86. The first-order valence-corrected chi connectivity index (χ1v) is 18.4. The van der Waals surface area contributed by atoms with Crippen LogP contribution >= 0.6 is 0 Å². The minimum Gasteiger partial charge on any atom is -0.497 e. The van der Waals surface area contributed by atoms with Crippen LogP contribution in [0.1, 0.15) is 125 Å². The van der Waals surface area contributed by atoms with Gasteiger partial charge in [0.1, 0.15) is 36.3 Å². The molecular formula is C40H62O6. The minimum absolute atomic E-state index is 0.234. The Bertz CT molecular complexity index is 1150. The molecule has 0 radical (unpaired) electrons. The van der Waals surface area contributed by atoms with E-state index in [1.807, 2.05) is 0 Å². The molecule has 2 aromatic rings. The van der Waals surface area contributed by atoms with Crippen LogP contribution in [0.3, 0.4) is 0 Å². The summed E-state index contributed by atoms with van der Waals surface area (Å²) in [5.74, 6) is 0.884. The third-order valence-corrected chi connectivity index (χ3v) is 9.67. The summed E-state index contributed by atoms with van der Waals surface area (Å²) in [7, 11) is 1.72. The number of unbranched alkanes of at least 4 members (excludes halogenated alkanes) is 4. The van der Waals surface area contributed by atoms with Crippen molar-refractivity contribution in [3.8, 4) is 5.75 Å². The second-order valence-corrected chi connectivity index (χ2v) is 13.2. The Balaban J connectivity index is 1.76. The molecule has 1 fully saturated rings. The van der Waals surface area contributed by atoms with Gasteiger partial charge in [0.15, 0.2) is 0 Å². The summed E-state index contributed by atoms with van der Waals surface area (Å²) in [6.45, 7) is 14.4. The van der Waals surface area contributed by atoms with Gasteiger partial charge in [-0.05, 0) is 104 Å². The van der Waals surface area contributed by atoms with Crippen LogP contribution in [0.4, 0.5) is 0 Å². The second kappa shape index (κ2) is 19.8. The highest BCUT2D eigenvalue weighted by atomic mass is 16.6. The van der Waals surface area contributed by atoms with Crippen LogP contribution in [0.2, 0.25) is 0 Å². The molecule has 6 heteroatoms. The molecule has 0 bridgehead atoms. The van der Waals surface area contributed by atoms with Crippen LogP contribution in [-0.2, 0) is 42.9 Å². The largest absolute Gasteiger partial charge is 0.497 e. The van der Waals surface area contributed by atoms with E-state index in [2.05, 4.69) is 65.0 Å². The molecule has 1 saturated heterocycles. The van der Waals surface area contributed by atoms with E-state index in [0.29, 0.717) is 26.4 Å². The van der Waals surface area contributed by atoms with Crippen molar-refractivity contribution in [2.75, 3.05) is 40.1 Å². The monoisotopic (exact) mass is 638 g/mol. The Kier molecular flexibility index (Phi) is 15.8. The molecule has 1 aliphatic heterocycles. The smallest absolute Gasteiger partial charge is 0.118 e. The highest BCUT2D eigenvalue weighted by Gasteiger charge is 2.49. The van der Waals surface area contributed by atoms with E-state index in [4.69, 9.17) is 28.4 Å². The molecule has 0 N–H and O–H groups in total. The summed E-state index contributed by atoms with van der Waals surface area (Å²) >= 11 is 0. The minimum atomic E-state index is -0.261. The fraction of sp³-hybridized carbons (Fsp3) is 0.700. The maximum Gasteiger partial charge on any atom is 0.118 e. The number of ether oxygens (including phenoxy) is 6. The molecule has 5 atom stereocenters. The van der Waals surface area contributed by atoms with E-state index in [1.165, 1.54) is 39.8 Å². The van der Waals surface area contributed by atoms with Gasteiger partial charge in [-0.15, -0.1) is 0 Å². The molecule has 1 heterocycles. The van der Waals surface area contributed by atoms with Crippen molar-refractivity contribution >= 4 is 0 Å². The van der Waals surface area contributed by atoms with Gasteiger partial charge in [0.05, 0.1) is 13.7 Å².